The van der Waals surface area contributed by atoms with E-state index in [0.717, 1.165) is 5.56 Å². The van der Waals surface area contributed by atoms with Gasteiger partial charge in [0, 0.05) is 24.6 Å². The quantitative estimate of drug-likeness (QED) is 0.773. The van der Waals surface area contributed by atoms with Crippen molar-refractivity contribution in [2.24, 2.45) is 5.92 Å². The molecule has 0 spiro atoms. The van der Waals surface area contributed by atoms with Gasteiger partial charge in [0.2, 0.25) is 0 Å². The van der Waals surface area contributed by atoms with Gasteiger partial charge in [-0.2, -0.15) is 0 Å². The lowest BCUT2D eigenvalue weighted by Crippen LogP contribution is -2.48. The van der Waals surface area contributed by atoms with E-state index in [-0.39, 0.29) is 35.3 Å². The van der Waals surface area contributed by atoms with Crippen LogP contribution in [0, 0.1) is 5.92 Å². The Kier molecular flexibility index (Phi) is 4.52. The first-order valence-electron chi connectivity index (χ1n) is 7.64. The lowest BCUT2D eigenvalue weighted by Gasteiger charge is -2.38. The lowest BCUT2D eigenvalue weighted by atomic mass is 9.75. The van der Waals surface area contributed by atoms with Crippen molar-refractivity contribution in [2.45, 2.75) is 31.4 Å². The van der Waals surface area contributed by atoms with E-state index in [1.807, 2.05) is 12.1 Å². The molecule has 0 bridgehead atoms. The van der Waals surface area contributed by atoms with Crippen LogP contribution in [0.3, 0.4) is 0 Å². The fraction of sp³-hybridized carbons (Fsp3) is 0.353. The van der Waals surface area contributed by atoms with E-state index in [0.29, 0.717) is 19.3 Å². The first kappa shape index (κ1) is 15.4. The van der Waals surface area contributed by atoms with E-state index in [4.69, 9.17) is 0 Å². The summed E-state index contributed by atoms with van der Waals surface area (Å²) in [5.41, 5.74) is 1.28. The number of hydrogen-bond acceptors (Lipinski definition) is 5. The molecule has 3 rings (SSSR count). The van der Waals surface area contributed by atoms with Crippen molar-refractivity contribution in [3.8, 4) is 5.75 Å². The molecule has 1 amide bonds. The van der Waals surface area contributed by atoms with Gasteiger partial charge in [0.25, 0.3) is 5.91 Å². The maximum atomic E-state index is 12.4. The third kappa shape index (κ3) is 3.65. The first-order valence-corrected chi connectivity index (χ1v) is 7.64. The van der Waals surface area contributed by atoms with Gasteiger partial charge in [-0.15, -0.1) is 0 Å². The number of carbonyl (C=O) groups excluding carboxylic acids is 1. The molecule has 1 aliphatic carbocycles. The molecule has 0 aliphatic heterocycles. The third-order valence-corrected chi connectivity index (χ3v) is 4.28. The van der Waals surface area contributed by atoms with Gasteiger partial charge >= 0.3 is 0 Å². The summed E-state index contributed by atoms with van der Waals surface area (Å²) in [6, 6.07) is 5.22. The molecule has 2 aromatic heterocycles. The van der Waals surface area contributed by atoms with E-state index in [1.54, 1.807) is 12.4 Å². The Hall–Kier alpha value is -2.47. The average molecular weight is 313 g/mol. The molecule has 2 heterocycles. The molecule has 1 saturated carbocycles. The number of aromatic hydroxyl groups is 1. The van der Waals surface area contributed by atoms with E-state index >= 15 is 0 Å². The van der Waals surface area contributed by atoms with Crippen LogP contribution in [-0.2, 0) is 6.42 Å². The summed E-state index contributed by atoms with van der Waals surface area (Å²) in [5.74, 6) is -0.238. The van der Waals surface area contributed by atoms with Crippen molar-refractivity contribution >= 4 is 5.91 Å². The molecule has 0 unspecified atom stereocenters. The van der Waals surface area contributed by atoms with E-state index in [2.05, 4.69) is 15.3 Å². The Bertz CT molecular complexity index is 672. The van der Waals surface area contributed by atoms with Gasteiger partial charge < -0.3 is 15.5 Å². The minimum absolute atomic E-state index is 0.0964. The van der Waals surface area contributed by atoms with Crippen LogP contribution in [0.5, 0.6) is 5.75 Å². The van der Waals surface area contributed by atoms with Gasteiger partial charge in [0.15, 0.2) is 0 Å². The summed E-state index contributed by atoms with van der Waals surface area (Å²) in [6.45, 7) is 0. The normalized spacial score (nSPS) is 21.3. The second-order valence-electron chi connectivity index (χ2n) is 5.92. The van der Waals surface area contributed by atoms with E-state index in [9.17, 15) is 15.0 Å². The molecular formula is C17H19N3O3. The first-order chi connectivity index (χ1) is 11.1. The molecule has 1 fully saturated rings. The molecule has 23 heavy (non-hydrogen) atoms. The largest absolute Gasteiger partial charge is 0.505 e. The Morgan fingerprint density at radius 3 is 2.57 bits per heavy atom. The Morgan fingerprint density at radius 1 is 1.22 bits per heavy atom. The van der Waals surface area contributed by atoms with Gasteiger partial charge in [0.05, 0.1) is 17.9 Å². The Balaban J connectivity index is 1.73. The number of nitrogens with zero attached hydrogens (tertiary/aromatic N) is 2. The van der Waals surface area contributed by atoms with E-state index in [1.165, 1.54) is 18.5 Å². The molecular weight excluding hydrogens is 294 g/mol. The van der Waals surface area contributed by atoms with Crippen molar-refractivity contribution in [3.05, 3.63) is 54.1 Å². The molecule has 120 valence electrons. The number of aliphatic hydroxyl groups is 1. The van der Waals surface area contributed by atoms with Gasteiger partial charge in [-0.25, -0.2) is 0 Å². The molecule has 1 atom stereocenters. The summed E-state index contributed by atoms with van der Waals surface area (Å²) in [4.78, 5) is 20.2. The Labute approximate surface area is 134 Å². The predicted molar refractivity (Wildman–Crippen MR) is 83.8 cm³/mol. The van der Waals surface area contributed by atoms with Crippen LogP contribution in [0.15, 0.2) is 43.0 Å². The van der Waals surface area contributed by atoms with Gasteiger partial charge in [-0.3, -0.25) is 14.8 Å². The highest BCUT2D eigenvalue weighted by Crippen LogP contribution is 2.32. The van der Waals surface area contributed by atoms with Crippen molar-refractivity contribution in [2.75, 3.05) is 0 Å². The van der Waals surface area contributed by atoms with Crippen molar-refractivity contribution in [1.82, 2.24) is 15.3 Å². The van der Waals surface area contributed by atoms with Gasteiger partial charge in [-0.1, -0.05) is 0 Å². The zero-order valence-corrected chi connectivity index (χ0v) is 12.6. The highest BCUT2D eigenvalue weighted by Gasteiger charge is 2.35. The highest BCUT2D eigenvalue weighted by molar-refractivity contribution is 5.96. The predicted octanol–water partition coefficient (Wildman–Crippen LogP) is 1.29. The molecule has 3 N–H and O–H groups in total. The van der Waals surface area contributed by atoms with Crippen molar-refractivity contribution in [1.29, 1.82) is 0 Å². The number of carbonyl (C=O) groups is 1. The number of rotatable bonds is 5. The number of nitrogens with one attached hydrogen (secondary N) is 1. The summed E-state index contributed by atoms with van der Waals surface area (Å²) in [6.07, 6.45) is 7.90. The van der Waals surface area contributed by atoms with Crippen LogP contribution in [0.4, 0.5) is 0 Å². The van der Waals surface area contributed by atoms with E-state index < -0.39 is 0 Å². The number of aliphatic hydroxyl groups excluding tert-OH is 1. The minimum atomic E-state index is -0.328. The zero-order valence-electron chi connectivity index (χ0n) is 12.6. The van der Waals surface area contributed by atoms with Crippen LogP contribution in [0.25, 0.3) is 0 Å². The maximum Gasteiger partial charge on any atom is 0.255 e. The van der Waals surface area contributed by atoms with Crippen LogP contribution in [0.2, 0.25) is 0 Å². The number of aromatic nitrogens is 2. The van der Waals surface area contributed by atoms with Crippen molar-refractivity contribution in [3.63, 3.8) is 0 Å². The molecule has 2 aromatic rings. The maximum absolute atomic E-state index is 12.4. The molecule has 0 radical (unpaired) electrons. The molecule has 6 nitrogen and oxygen atoms in total. The van der Waals surface area contributed by atoms with Crippen LogP contribution in [-0.4, -0.2) is 38.2 Å². The SMILES string of the molecule is O=C(N[C@H](Cc1ccncc1)C1CC(O)C1)c1ccncc1O. The summed E-state index contributed by atoms with van der Waals surface area (Å²) >= 11 is 0. The standard InChI is InChI=1S/C17H19N3O3/c21-13-8-12(9-13)15(7-11-1-4-18-5-2-11)20-17(23)14-3-6-19-10-16(14)22/h1-6,10,12-13,15,21-22H,7-9H2,(H,20,23)/t12?,13?,15-/m1/s1. The van der Waals surface area contributed by atoms with Crippen LogP contribution < -0.4 is 5.32 Å². The molecule has 0 saturated heterocycles. The second kappa shape index (κ2) is 6.75. The molecule has 0 aromatic carbocycles. The summed E-state index contributed by atoms with van der Waals surface area (Å²) in [5, 5.41) is 22.3. The average Bonchev–Trinajstić information content (AvgIpc) is 2.52. The summed E-state index contributed by atoms with van der Waals surface area (Å²) in [7, 11) is 0. The van der Waals surface area contributed by atoms with Gasteiger partial charge in [-0.05, 0) is 48.9 Å². The number of amides is 1. The van der Waals surface area contributed by atoms with Crippen molar-refractivity contribution < 1.29 is 15.0 Å². The topological polar surface area (TPSA) is 95.3 Å². The second-order valence-corrected chi connectivity index (χ2v) is 5.92. The smallest absolute Gasteiger partial charge is 0.255 e. The highest BCUT2D eigenvalue weighted by atomic mass is 16.3. The fourth-order valence-electron chi connectivity index (χ4n) is 2.89. The van der Waals surface area contributed by atoms with Crippen LogP contribution >= 0.6 is 0 Å². The monoisotopic (exact) mass is 313 g/mol. The molecule has 1 aliphatic rings. The summed E-state index contributed by atoms with van der Waals surface area (Å²) < 4.78 is 0. The minimum Gasteiger partial charge on any atom is -0.505 e. The van der Waals surface area contributed by atoms with Crippen LogP contribution in [0.1, 0.15) is 28.8 Å². The fourth-order valence-corrected chi connectivity index (χ4v) is 2.89. The number of hydrogen-bond donors (Lipinski definition) is 3. The zero-order chi connectivity index (χ0) is 16.2. The van der Waals surface area contributed by atoms with Gasteiger partial charge in [0.1, 0.15) is 5.75 Å². The molecule has 6 heteroatoms. The lowest BCUT2D eigenvalue weighted by molar-refractivity contribution is 0.0239. The third-order valence-electron chi connectivity index (χ3n) is 4.28. The Morgan fingerprint density at radius 2 is 1.91 bits per heavy atom. The number of pyridine rings is 2.